The first kappa shape index (κ1) is 15.1. The van der Waals surface area contributed by atoms with Gasteiger partial charge in [-0.3, -0.25) is 4.90 Å². The van der Waals surface area contributed by atoms with Crippen molar-refractivity contribution in [1.29, 1.82) is 0 Å². The Morgan fingerprint density at radius 1 is 1.44 bits per heavy atom. The van der Waals surface area contributed by atoms with Crippen LogP contribution < -0.4 is 5.73 Å². The molecule has 0 unspecified atom stereocenters. The van der Waals surface area contributed by atoms with Crippen LogP contribution in [0.4, 0.5) is 0 Å². The van der Waals surface area contributed by atoms with Gasteiger partial charge < -0.3 is 10.8 Å². The summed E-state index contributed by atoms with van der Waals surface area (Å²) in [6.45, 7) is 7.01. The molecule has 18 heavy (non-hydrogen) atoms. The number of likely N-dealkylation sites (N-methyl/N-ethyl adjacent to an activating group) is 1. The number of hydrogen-bond donors (Lipinski definition) is 2. The van der Waals surface area contributed by atoms with Crippen molar-refractivity contribution in [3.8, 4) is 0 Å². The topological polar surface area (TPSA) is 49.5 Å². The van der Waals surface area contributed by atoms with E-state index in [-0.39, 0.29) is 12.1 Å². The lowest BCUT2D eigenvalue weighted by molar-refractivity contribution is 0.0732. The highest BCUT2D eigenvalue weighted by molar-refractivity contribution is 7.80. The maximum absolute atomic E-state index is 9.35. The molecule has 0 fully saturated rings. The van der Waals surface area contributed by atoms with Gasteiger partial charge in [0.25, 0.3) is 0 Å². The van der Waals surface area contributed by atoms with Gasteiger partial charge in [-0.1, -0.05) is 24.4 Å². The molecule has 0 spiro atoms. The van der Waals surface area contributed by atoms with Crippen molar-refractivity contribution in [2.75, 3.05) is 13.7 Å². The number of benzene rings is 1. The van der Waals surface area contributed by atoms with Crippen molar-refractivity contribution in [3.63, 3.8) is 0 Å². The summed E-state index contributed by atoms with van der Waals surface area (Å²) in [5.41, 5.74) is 8.67. The minimum atomic E-state index is -0.228. The van der Waals surface area contributed by atoms with Crippen LogP contribution in [0.3, 0.4) is 0 Å². The number of rotatable bonds is 5. The summed E-state index contributed by atoms with van der Waals surface area (Å²) < 4.78 is 0. The maximum atomic E-state index is 9.35. The van der Waals surface area contributed by atoms with Crippen molar-refractivity contribution < 1.29 is 5.11 Å². The van der Waals surface area contributed by atoms with Crippen LogP contribution >= 0.6 is 12.2 Å². The van der Waals surface area contributed by atoms with Crippen LogP contribution in [0.1, 0.15) is 30.5 Å². The van der Waals surface area contributed by atoms with Crippen LogP contribution in [0.5, 0.6) is 0 Å². The maximum Gasteiger partial charge on any atom is 0.103 e. The second-order valence-corrected chi connectivity index (χ2v) is 5.77. The second-order valence-electron chi connectivity index (χ2n) is 5.33. The smallest absolute Gasteiger partial charge is 0.103 e. The Morgan fingerprint density at radius 3 is 2.50 bits per heavy atom. The molecule has 1 rings (SSSR count). The van der Waals surface area contributed by atoms with E-state index in [1.165, 1.54) is 11.1 Å². The first-order valence-electron chi connectivity index (χ1n) is 5.99. The number of nitrogens with zero attached hydrogens (tertiary/aromatic N) is 1. The summed E-state index contributed by atoms with van der Waals surface area (Å²) in [7, 11) is 2.01. The van der Waals surface area contributed by atoms with Gasteiger partial charge in [-0.15, -0.1) is 0 Å². The van der Waals surface area contributed by atoms with Gasteiger partial charge in [0.05, 0.1) is 6.61 Å². The molecule has 0 heterocycles. The van der Waals surface area contributed by atoms with Crippen molar-refractivity contribution in [2.24, 2.45) is 5.73 Å². The molecule has 1 aromatic carbocycles. The molecule has 0 aliphatic rings. The third-order valence-corrected chi connectivity index (χ3v) is 3.69. The van der Waals surface area contributed by atoms with Crippen LogP contribution in [0.25, 0.3) is 0 Å². The van der Waals surface area contributed by atoms with Crippen molar-refractivity contribution in [3.05, 3.63) is 34.9 Å². The Kier molecular flexibility index (Phi) is 4.85. The van der Waals surface area contributed by atoms with Gasteiger partial charge >= 0.3 is 0 Å². The lowest BCUT2D eigenvalue weighted by Gasteiger charge is -2.34. The third kappa shape index (κ3) is 3.51. The molecule has 100 valence electrons. The van der Waals surface area contributed by atoms with Crippen LogP contribution in [0.2, 0.25) is 0 Å². The number of nitrogens with two attached hydrogens (primary N) is 1. The van der Waals surface area contributed by atoms with Gasteiger partial charge in [-0.2, -0.15) is 0 Å². The average molecular weight is 266 g/mol. The molecule has 0 radical (unpaired) electrons. The Hall–Kier alpha value is -0.970. The molecule has 0 aliphatic carbocycles. The molecule has 0 aliphatic heterocycles. The normalized spacial score (nSPS) is 11.9. The molecule has 0 saturated carbocycles. The molecule has 1 aromatic rings. The SMILES string of the molecule is Cc1cc(C(N)=S)ccc1CN(C)C(C)(C)CO. The fourth-order valence-electron chi connectivity index (χ4n) is 1.62. The first-order valence-corrected chi connectivity index (χ1v) is 6.40. The van der Waals surface area contributed by atoms with Crippen LogP contribution in [0, 0.1) is 6.92 Å². The molecule has 3 nitrogen and oxygen atoms in total. The summed E-state index contributed by atoms with van der Waals surface area (Å²) in [6.07, 6.45) is 0. The van der Waals surface area contributed by atoms with Crippen LogP contribution in [-0.2, 0) is 6.54 Å². The molecule has 0 atom stereocenters. The molecule has 0 aromatic heterocycles. The Balaban J connectivity index is 2.89. The standard InChI is InChI=1S/C14H22N2OS/c1-10-7-11(13(15)18)5-6-12(10)8-16(4)14(2,3)9-17/h5-7,17H,8-9H2,1-4H3,(H2,15,18). The summed E-state index contributed by atoms with van der Waals surface area (Å²) in [4.78, 5) is 2.56. The number of aliphatic hydroxyl groups is 1. The number of aryl methyl sites for hydroxylation is 1. The molecule has 0 bridgehead atoms. The number of thiocarbonyl (C=S) groups is 1. The molecule has 0 saturated heterocycles. The van der Waals surface area contributed by atoms with Crippen molar-refractivity contribution >= 4 is 17.2 Å². The summed E-state index contributed by atoms with van der Waals surface area (Å²) in [5, 5.41) is 9.35. The van der Waals surface area contributed by atoms with Gasteiger partial charge in [0.1, 0.15) is 4.99 Å². The zero-order chi connectivity index (χ0) is 13.9. The largest absolute Gasteiger partial charge is 0.394 e. The van der Waals surface area contributed by atoms with Crippen molar-refractivity contribution in [2.45, 2.75) is 32.9 Å². The monoisotopic (exact) mass is 266 g/mol. The lowest BCUT2D eigenvalue weighted by Crippen LogP contribution is -2.43. The Bertz CT molecular complexity index is 443. The van der Waals surface area contributed by atoms with E-state index in [0.717, 1.165) is 12.1 Å². The van der Waals surface area contributed by atoms with Crippen LogP contribution in [-0.4, -0.2) is 34.2 Å². The predicted molar refractivity (Wildman–Crippen MR) is 79.7 cm³/mol. The van der Waals surface area contributed by atoms with E-state index in [9.17, 15) is 5.11 Å². The van der Waals surface area contributed by atoms with E-state index in [4.69, 9.17) is 18.0 Å². The Labute approximate surface area is 115 Å². The molecule has 3 N–H and O–H groups in total. The van der Waals surface area contributed by atoms with E-state index in [2.05, 4.69) is 11.8 Å². The number of aliphatic hydroxyl groups excluding tert-OH is 1. The lowest BCUT2D eigenvalue weighted by atomic mass is 10.0. The highest BCUT2D eigenvalue weighted by Gasteiger charge is 2.22. The van der Waals surface area contributed by atoms with E-state index in [0.29, 0.717) is 4.99 Å². The predicted octanol–water partition coefficient (Wildman–Crippen LogP) is 1.83. The minimum Gasteiger partial charge on any atom is -0.394 e. The summed E-state index contributed by atoms with van der Waals surface area (Å²) >= 11 is 4.97. The number of hydrogen-bond acceptors (Lipinski definition) is 3. The van der Waals surface area contributed by atoms with E-state index < -0.39 is 0 Å². The zero-order valence-corrected chi connectivity index (χ0v) is 12.3. The Morgan fingerprint density at radius 2 is 2.06 bits per heavy atom. The second kappa shape index (κ2) is 5.78. The first-order chi connectivity index (χ1) is 8.27. The fourth-order valence-corrected chi connectivity index (χ4v) is 1.74. The molecular weight excluding hydrogens is 244 g/mol. The van der Waals surface area contributed by atoms with E-state index in [1.54, 1.807) is 0 Å². The van der Waals surface area contributed by atoms with Gasteiger partial charge in [0, 0.05) is 17.6 Å². The van der Waals surface area contributed by atoms with Gasteiger partial charge in [-0.05, 0) is 45.0 Å². The minimum absolute atomic E-state index is 0.132. The summed E-state index contributed by atoms with van der Waals surface area (Å²) in [5.74, 6) is 0. The van der Waals surface area contributed by atoms with Gasteiger partial charge in [0.2, 0.25) is 0 Å². The highest BCUT2D eigenvalue weighted by Crippen LogP contribution is 2.18. The molecule has 4 heteroatoms. The van der Waals surface area contributed by atoms with Gasteiger partial charge in [0.15, 0.2) is 0 Å². The third-order valence-electron chi connectivity index (χ3n) is 3.45. The molecular formula is C14H22N2OS. The molecule has 0 amide bonds. The van der Waals surface area contributed by atoms with Crippen molar-refractivity contribution in [1.82, 2.24) is 4.90 Å². The van der Waals surface area contributed by atoms with E-state index in [1.807, 2.05) is 39.1 Å². The van der Waals surface area contributed by atoms with Gasteiger partial charge in [-0.25, -0.2) is 0 Å². The average Bonchev–Trinajstić information content (AvgIpc) is 2.31. The van der Waals surface area contributed by atoms with Crippen LogP contribution in [0.15, 0.2) is 18.2 Å². The summed E-state index contributed by atoms with van der Waals surface area (Å²) in [6, 6.07) is 6.01. The highest BCUT2D eigenvalue weighted by atomic mass is 32.1. The zero-order valence-electron chi connectivity index (χ0n) is 11.5. The van der Waals surface area contributed by atoms with E-state index >= 15 is 0 Å². The fraction of sp³-hybridized carbons (Fsp3) is 0.500. The quantitative estimate of drug-likeness (QED) is 0.798.